The van der Waals surface area contributed by atoms with Crippen LogP contribution in [0.2, 0.25) is 0 Å². The molecular weight excluding hydrogens is 168 g/mol. The lowest BCUT2D eigenvalue weighted by Crippen LogP contribution is -2.29. The van der Waals surface area contributed by atoms with E-state index >= 15 is 0 Å². The molecule has 1 aromatic rings. The molecule has 3 heteroatoms. The Bertz CT molecular complexity index is 329. The first-order valence-electron chi connectivity index (χ1n) is 4.14. The van der Waals surface area contributed by atoms with Crippen LogP contribution in [-0.4, -0.2) is 19.3 Å². The van der Waals surface area contributed by atoms with Gasteiger partial charge in [0.05, 0.1) is 0 Å². The van der Waals surface area contributed by atoms with Gasteiger partial charge in [0.15, 0.2) is 0 Å². The molecule has 1 aromatic carbocycles. The van der Waals surface area contributed by atoms with Gasteiger partial charge in [0.2, 0.25) is 0 Å². The first-order chi connectivity index (χ1) is 6.19. The van der Waals surface area contributed by atoms with Gasteiger partial charge in [0, 0.05) is 19.8 Å². The minimum atomic E-state index is -1.60. The van der Waals surface area contributed by atoms with Gasteiger partial charge >= 0.3 is 5.97 Å². The van der Waals surface area contributed by atoms with E-state index in [1.807, 2.05) is 18.2 Å². The molecular formula is C10H12O3. The Hall–Kier alpha value is -0.900. The molecule has 0 aromatic heterocycles. The van der Waals surface area contributed by atoms with Crippen LogP contribution in [0.15, 0.2) is 18.2 Å². The van der Waals surface area contributed by atoms with Crippen LogP contribution in [0.4, 0.5) is 0 Å². The minimum Gasteiger partial charge on any atom is -0.339 e. The minimum absolute atomic E-state index is 0.647. The van der Waals surface area contributed by atoms with Crippen LogP contribution in [0.25, 0.3) is 0 Å². The maximum absolute atomic E-state index is 9.80. The Labute approximate surface area is 76.9 Å². The highest BCUT2D eigenvalue weighted by atomic mass is 16.8. The molecule has 1 N–H and O–H groups in total. The van der Waals surface area contributed by atoms with Gasteiger partial charge in [-0.2, -0.15) is 0 Å². The van der Waals surface area contributed by atoms with Gasteiger partial charge in [-0.3, -0.25) is 0 Å². The highest BCUT2D eigenvalue weighted by Crippen LogP contribution is 2.32. The quantitative estimate of drug-likeness (QED) is 0.716. The number of rotatable bonds is 3. The van der Waals surface area contributed by atoms with Crippen molar-refractivity contribution in [3.63, 3.8) is 0 Å². The van der Waals surface area contributed by atoms with Gasteiger partial charge in [0.25, 0.3) is 0 Å². The van der Waals surface area contributed by atoms with Gasteiger partial charge in [-0.15, -0.1) is 0 Å². The molecule has 70 valence electrons. The highest BCUT2D eigenvalue weighted by molar-refractivity contribution is 5.47. The van der Waals surface area contributed by atoms with E-state index in [9.17, 15) is 5.11 Å². The molecule has 13 heavy (non-hydrogen) atoms. The molecule has 0 saturated carbocycles. The van der Waals surface area contributed by atoms with E-state index < -0.39 is 5.97 Å². The fraction of sp³-hybridized carbons (Fsp3) is 0.400. The topological polar surface area (TPSA) is 38.7 Å². The van der Waals surface area contributed by atoms with Crippen LogP contribution in [-0.2, 0) is 21.9 Å². The number of hydrogen-bond donors (Lipinski definition) is 1. The van der Waals surface area contributed by atoms with E-state index in [0.717, 1.165) is 6.42 Å². The molecule has 0 spiro atoms. The van der Waals surface area contributed by atoms with E-state index in [0.29, 0.717) is 5.56 Å². The van der Waals surface area contributed by atoms with E-state index in [-0.39, 0.29) is 0 Å². The van der Waals surface area contributed by atoms with Crippen molar-refractivity contribution in [1.82, 2.24) is 0 Å². The molecule has 0 heterocycles. The summed E-state index contributed by atoms with van der Waals surface area (Å²) in [6, 6.07) is 5.70. The van der Waals surface area contributed by atoms with Crippen molar-refractivity contribution in [1.29, 1.82) is 0 Å². The third-order valence-electron chi connectivity index (χ3n) is 2.38. The van der Waals surface area contributed by atoms with Crippen LogP contribution in [0.3, 0.4) is 0 Å². The highest BCUT2D eigenvalue weighted by Gasteiger charge is 2.31. The smallest absolute Gasteiger partial charge is 0.308 e. The molecule has 0 unspecified atom stereocenters. The average Bonchev–Trinajstić information content (AvgIpc) is 2.94. The van der Waals surface area contributed by atoms with Gasteiger partial charge in [-0.05, 0) is 23.6 Å². The van der Waals surface area contributed by atoms with Crippen molar-refractivity contribution in [3.8, 4) is 0 Å². The molecule has 0 saturated heterocycles. The van der Waals surface area contributed by atoms with Crippen LogP contribution < -0.4 is 0 Å². The zero-order chi connectivity index (χ0) is 9.47. The van der Waals surface area contributed by atoms with E-state index in [1.165, 1.54) is 25.3 Å². The lowest BCUT2D eigenvalue weighted by Gasteiger charge is -2.24. The fourth-order valence-electron chi connectivity index (χ4n) is 1.41. The molecule has 0 amide bonds. The summed E-state index contributed by atoms with van der Waals surface area (Å²) in [5.41, 5.74) is 3.23. The molecule has 0 bridgehead atoms. The summed E-state index contributed by atoms with van der Waals surface area (Å²) >= 11 is 0. The normalized spacial score (nSPS) is 14.1. The van der Waals surface area contributed by atoms with Crippen molar-refractivity contribution in [2.45, 2.75) is 12.4 Å². The van der Waals surface area contributed by atoms with Gasteiger partial charge in [-0.1, -0.05) is 12.1 Å². The third kappa shape index (κ3) is 1.35. The second-order valence-electron chi connectivity index (χ2n) is 3.15. The zero-order valence-electron chi connectivity index (χ0n) is 7.70. The Morgan fingerprint density at radius 1 is 1.23 bits per heavy atom. The Kier molecular flexibility index (Phi) is 1.87. The van der Waals surface area contributed by atoms with Crippen molar-refractivity contribution < 1.29 is 14.6 Å². The summed E-state index contributed by atoms with van der Waals surface area (Å²) in [4.78, 5) is 0. The number of fused-ring (bicyclic) bond motifs is 1. The molecule has 1 aliphatic rings. The van der Waals surface area contributed by atoms with Crippen LogP contribution in [0.5, 0.6) is 0 Å². The van der Waals surface area contributed by atoms with Gasteiger partial charge < -0.3 is 14.6 Å². The van der Waals surface area contributed by atoms with Crippen molar-refractivity contribution in [3.05, 3.63) is 34.9 Å². The second-order valence-corrected chi connectivity index (χ2v) is 3.15. The summed E-state index contributed by atoms with van der Waals surface area (Å²) in [5, 5.41) is 9.80. The summed E-state index contributed by atoms with van der Waals surface area (Å²) in [7, 11) is 2.82. The maximum atomic E-state index is 9.80. The predicted octanol–water partition coefficient (Wildman–Crippen LogP) is 0.986. The largest absolute Gasteiger partial charge is 0.339 e. The number of methoxy groups -OCH3 is 2. The van der Waals surface area contributed by atoms with E-state index in [2.05, 4.69) is 0 Å². The summed E-state index contributed by atoms with van der Waals surface area (Å²) in [6.45, 7) is 0. The van der Waals surface area contributed by atoms with E-state index in [4.69, 9.17) is 9.47 Å². The number of ether oxygens (including phenoxy) is 2. The first kappa shape index (κ1) is 8.69. The standard InChI is InChI=1S/C10H12O3/c1-12-10(11,13-2)9-4-3-7-5-8(7)6-9/h3-4,6,11H,5H2,1-2H3. The van der Waals surface area contributed by atoms with Crippen LogP contribution in [0, 0.1) is 0 Å². The second kappa shape index (κ2) is 2.80. The molecule has 0 aliphatic heterocycles. The molecule has 3 nitrogen and oxygen atoms in total. The van der Waals surface area contributed by atoms with E-state index in [1.54, 1.807) is 0 Å². The van der Waals surface area contributed by atoms with Crippen molar-refractivity contribution in [2.24, 2.45) is 0 Å². The van der Waals surface area contributed by atoms with Crippen molar-refractivity contribution >= 4 is 0 Å². The molecule has 0 fully saturated rings. The third-order valence-corrected chi connectivity index (χ3v) is 2.38. The number of benzene rings is 1. The Balaban J connectivity index is 2.34. The number of hydrogen-bond acceptors (Lipinski definition) is 3. The SMILES string of the molecule is COC(O)(OC)c1ccc2c(c1)C2. The van der Waals surface area contributed by atoms with Gasteiger partial charge in [-0.25, -0.2) is 0 Å². The maximum Gasteiger partial charge on any atom is 0.308 e. The average molecular weight is 180 g/mol. The van der Waals surface area contributed by atoms with Crippen molar-refractivity contribution in [2.75, 3.05) is 14.2 Å². The monoisotopic (exact) mass is 180 g/mol. The summed E-state index contributed by atoms with van der Waals surface area (Å²) in [6.07, 6.45) is 1.02. The predicted molar refractivity (Wildman–Crippen MR) is 47.2 cm³/mol. The fourth-order valence-corrected chi connectivity index (χ4v) is 1.41. The summed E-state index contributed by atoms with van der Waals surface area (Å²) < 4.78 is 9.77. The molecule has 1 aliphatic carbocycles. The summed E-state index contributed by atoms with van der Waals surface area (Å²) in [5.74, 6) is -1.60. The number of aliphatic hydroxyl groups is 1. The molecule has 0 atom stereocenters. The first-order valence-corrected chi connectivity index (χ1v) is 4.14. The zero-order valence-corrected chi connectivity index (χ0v) is 7.70. The molecule has 0 radical (unpaired) electrons. The lowest BCUT2D eigenvalue weighted by atomic mass is 10.2. The van der Waals surface area contributed by atoms with Crippen LogP contribution in [0.1, 0.15) is 16.7 Å². The van der Waals surface area contributed by atoms with Gasteiger partial charge in [0.1, 0.15) is 0 Å². The molecule has 2 rings (SSSR count). The Morgan fingerprint density at radius 3 is 2.46 bits per heavy atom. The lowest BCUT2D eigenvalue weighted by molar-refractivity contribution is -0.352. The Morgan fingerprint density at radius 2 is 1.92 bits per heavy atom. The van der Waals surface area contributed by atoms with Crippen LogP contribution >= 0.6 is 0 Å².